The van der Waals surface area contributed by atoms with Crippen LogP contribution in [0.25, 0.3) is 0 Å². The molecule has 4 rings (SSSR count). The van der Waals surface area contributed by atoms with Crippen LogP contribution in [0.2, 0.25) is 0 Å². The summed E-state index contributed by atoms with van der Waals surface area (Å²) in [5.74, 6) is -3.21. The largest absolute Gasteiger partial charge is 0.618 e. The molecule has 2 aromatic heterocycles. The summed E-state index contributed by atoms with van der Waals surface area (Å²) >= 11 is 0. The third kappa shape index (κ3) is 16.0. The second-order valence-electron chi connectivity index (χ2n) is 18.8. The SMILES string of the molecule is CCC(C)C(NC(=O)C(CC(O)C(CC1CCCCC1)NC(=O)C(Cc1cnc[nH]1)N(C)C(=O)C(Cc1ccccc1)NC(=O)CC(C)(C)N)C(C)C)C(=O)NCc1cccc[n+]1[O-]. The maximum Gasteiger partial charge on any atom is 0.245 e. The summed E-state index contributed by atoms with van der Waals surface area (Å²) in [6.07, 6.45) is 9.59. The van der Waals surface area contributed by atoms with Crippen molar-refractivity contribution in [2.75, 3.05) is 7.05 Å². The van der Waals surface area contributed by atoms with E-state index in [1.807, 2.05) is 58.0 Å². The van der Waals surface area contributed by atoms with Gasteiger partial charge in [0.15, 0.2) is 6.20 Å². The molecule has 1 aromatic carbocycles. The van der Waals surface area contributed by atoms with Crippen molar-refractivity contribution < 1.29 is 33.8 Å². The molecule has 0 aliphatic heterocycles. The Balaban J connectivity index is 1.59. The van der Waals surface area contributed by atoms with Crippen LogP contribution in [-0.2, 0) is 43.4 Å². The number of benzene rings is 1. The average Bonchev–Trinajstić information content (AvgIpc) is 3.78. The molecular formula is C48H73N9O7. The van der Waals surface area contributed by atoms with Gasteiger partial charge in [0.05, 0.1) is 18.5 Å². The Bertz CT molecular complexity index is 1930. The Morgan fingerprint density at radius 1 is 0.953 bits per heavy atom. The van der Waals surface area contributed by atoms with Crippen molar-refractivity contribution in [3.05, 3.63) is 89.4 Å². The van der Waals surface area contributed by atoms with Gasteiger partial charge in [0.2, 0.25) is 35.2 Å². The Kier molecular flexibility index (Phi) is 19.7. The number of hydrogen-bond acceptors (Lipinski definition) is 9. The highest BCUT2D eigenvalue weighted by Gasteiger charge is 2.38. The first-order valence-electron chi connectivity index (χ1n) is 23.0. The fourth-order valence-electron chi connectivity index (χ4n) is 8.45. The topological polar surface area (TPSA) is 239 Å². The zero-order valence-electron chi connectivity index (χ0n) is 38.8. The number of imidazole rings is 1. The first-order valence-corrected chi connectivity index (χ1v) is 23.0. The maximum atomic E-state index is 14.7. The molecule has 1 aliphatic rings. The number of aromatic amines is 1. The van der Waals surface area contributed by atoms with E-state index in [-0.39, 0.29) is 50.0 Å². The number of aliphatic hydroxyl groups excluding tert-OH is 1. The highest BCUT2D eigenvalue weighted by Crippen LogP contribution is 2.30. The lowest BCUT2D eigenvalue weighted by molar-refractivity contribution is -0.614. The summed E-state index contributed by atoms with van der Waals surface area (Å²) < 4.78 is 0.679. The zero-order valence-corrected chi connectivity index (χ0v) is 38.8. The molecule has 64 heavy (non-hydrogen) atoms. The standard InChI is InChI=1S/C48H73N9O7/c1-8-32(4)43(46(62)51-29-36-21-15-16-22-57(36)64)55-44(60)37(31(2)3)26-41(58)38(23-33-17-11-9-12-18-33)54-45(61)40(25-35-28-50-30-52-35)56(7)47(63)39(24-34-19-13-10-14-20-34)53-42(59)27-48(5,6)49/h10,13-16,19-22,28,30-33,37-41,43,58H,8-9,11-12,17-18,23-27,29,49H2,1-7H3,(H,50,52)(H,51,62)(H,53,59)(H,54,61)(H,55,60). The molecule has 2 heterocycles. The number of pyridine rings is 1. The van der Waals surface area contributed by atoms with Gasteiger partial charge in [-0.3, -0.25) is 24.0 Å². The van der Waals surface area contributed by atoms with Crippen molar-refractivity contribution in [2.45, 2.75) is 155 Å². The van der Waals surface area contributed by atoms with Gasteiger partial charge in [0, 0.05) is 61.8 Å². The van der Waals surface area contributed by atoms with Crippen molar-refractivity contribution in [1.29, 1.82) is 0 Å². The summed E-state index contributed by atoms with van der Waals surface area (Å²) in [5, 5.41) is 36.2. The number of rotatable bonds is 24. The molecule has 16 heteroatoms. The van der Waals surface area contributed by atoms with Crippen LogP contribution in [0.5, 0.6) is 0 Å². The van der Waals surface area contributed by atoms with Gasteiger partial charge in [0.25, 0.3) is 0 Å². The van der Waals surface area contributed by atoms with Crippen LogP contribution in [0.4, 0.5) is 0 Å². The number of nitrogens with one attached hydrogen (secondary N) is 5. The van der Waals surface area contributed by atoms with Gasteiger partial charge in [-0.05, 0) is 56.1 Å². The number of hydrogen-bond donors (Lipinski definition) is 7. The smallest absolute Gasteiger partial charge is 0.245 e. The van der Waals surface area contributed by atoms with Crippen molar-refractivity contribution >= 4 is 29.5 Å². The fourth-order valence-corrected chi connectivity index (χ4v) is 8.45. The van der Waals surface area contributed by atoms with E-state index >= 15 is 0 Å². The summed E-state index contributed by atoms with van der Waals surface area (Å²) in [6.45, 7) is 11.0. The molecule has 1 saturated carbocycles. The van der Waals surface area contributed by atoms with Crippen molar-refractivity contribution in [3.63, 3.8) is 0 Å². The van der Waals surface area contributed by atoms with Crippen LogP contribution in [0.1, 0.15) is 116 Å². The van der Waals surface area contributed by atoms with Gasteiger partial charge in [-0.25, -0.2) is 4.98 Å². The molecule has 3 aromatic rings. The molecule has 0 bridgehead atoms. The summed E-state index contributed by atoms with van der Waals surface area (Å²) in [4.78, 5) is 78.8. The van der Waals surface area contributed by atoms with E-state index in [0.717, 1.165) is 37.7 Å². The molecule has 0 spiro atoms. The highest BCUT2D eigenvalue weighted by atomic mass is 16.5. The summed E-state index contributed by atoms with van der Waals surface area (Å²) in [6, 6.07) is 10.4. The minimum atomic E-state index is -1.16. The molecule has 1 aliphatic carbocycles. The number of nitrogens with two attached hydrogens (primary N) is 1. The lowest BCUT2D eigenvalue weighted by Crippen LogP contribution is -2.58. The Labute approximate surface area is 378 Å². The lowest BCUT2D eigenvalue weighted by Gasteiger charge is -2.36. The molecule has 0 radical (unpaired) electrons. The van der Waals surface area contributed by atoms with E-state index in [1.54, 1.807) is 38.2 Å². The molecule has 1 fully saturated rings. The molecule has 352 valence electrons. The van der Waals surface area contributed by atoms with E-state index in [0.29, 0.717) is 29.0 Å². The quantitative estimate of drug-likeness (QED) is 0.0513. The molecule has 7 atom stereocenters. The van der Waals surface area contributed by atoms with Crippen LogP contribution in [-0.4, -0.2) is 92.4 Å². The van der Waals surface area contributed by atoms with Crippen molar-refractivity contribution in [3.8, 4) is 0 Å². The Hall–Kier alpha value is -5.35. The normalized spacial score (nSPS) is 16.7. The van der Waals surface area contributed by atoms with E-state index in [4.69, 9.17) is 5.73 Å². The second kappa shape index (κ2) is 24.6. The number of nitrogens with zero attached hydrogens (tertiary/aromatic N) is 3. The fraction of sp³-hybridized carbons (Fsp3) is 0.604. The average molecular weight is 888 g/mol. The molecule has 5 amide bonds. The zero-order chi connectivity index (χ0) is 47.0. The first kappa shape index (κ1) is 51.3. The number of aromatic nitrogens is 3. The van der Waals surface area contributed by atoms with Crippen LogP contribution in [0.3, 0.4) is 0 Å². The van der Waals surface area contributed by atoms with E-state index in [9.17, 15) is 34.3 Å². The lowest BCUT2D eigenvalue weighted by atomic mass is 9.81. The number of carbonyl (C=O) groups is 5. The third-order valence-corrected chi connectivity index (χ3v) is 12.5. The molecule has 8 N–H and O–H groups in total. The molecule has 16 nitrogen and oxygen atoms in total. The number of likely N-dealkylation sites (N-methyl/N-ethyl adjacent to an activating group) is 1. The monoisotopic (exact) mass is 888 g/mol. The van der Waals surface area contributed by atoms with Crippen molar-refractivity contribution in [1.82, 2.24) is 36.1 Å². The molecule has 0 saturated heterocycles. The number of aliphatic hydroxyl groups is 1. The van der Waals surface area contributed by atoms with Gasteiger partial charge in [-0.2, -0.15) is 4.73 Å². The van der Waals surface area contributed by atoms with E-state index in [2.05, 4.69) is 31.2 Å². The van der Waals surface area contributed by atoms with Gasteiger partial charge < -0.3 is 47.2 Å². The van der Waals surface area contributed by atoms with Gasteiger partial charge in [-0.15, -0.1) is 0 Å². The predicted octanol–water partition coefficient (Wildman–Crippen LogP) is 3.59. The van der Waals surface area contributed by atoms with Crippen LogP contribution < -0.4 is 31.7 Å². The van der Waals surface area contributed by atoms with Crippen LogP contribution in [0.15, 0.2) is 67.3 Å². The summed E-state index contributed by atoms with van der Waals surface area (Å²) in [5.41, 5.74) is 7.11. The number of H-pyrrole nitrogens is 1. The first-order chi connectivity index (χ1) is 30.4. The van der Waals surface area contributed by atoms with Crippen molar-refractivity contribution in [2.24, 2.45) is 29.4 Å². The maximum absolute atomic E-state index is 14.7. The number of amides is 5. The Morgan fingerprint density at radius 2 is 1.64 bits per heavy atom. The minimum absolute atomic E-state index is 0.00112. The molecule has 7 unspecified atom stereocenters. The minimum Gasteiger partial charge on any atom is -0.618 e. The summed E-state index contributed by atoms with van der Waals surface area (Å²) in [7, 11) is 1.54. The predicted molar refractivity (Wildman–Crippen MR) is 245 cm³/mol. The van der Waals surface area contributed by atoms with E-state index < -0.39 is 71.3 Å². The van der Waals surface area contributed by atoms with Crippen LogP contribution in [0, 0.1) is 28.9 Å². The van der Waals surface area contributed by atoms with Crippen LogP contribution >= 0.6 is 0 Å². The van der Waals surface area contributed by atoms with E-state index in [1.165, 1.54) is 24.5 Å². The van der Waals surface area contributed by atoms with Gasteiger partial charge in [0.1, 0.15) is 24.7 Å². The highest BCUT2D eigenvalue weighted by molar-refractivity contribution is 5.93. The third-order valence-electron chi connectivity index (χ3n) is 12.5. The molecular weight excluding hydrogens is 815 g/mol. The van der Waals surface area contributed by atoms with Gasteiger partial charge in [-0.1, -0.05) is 96.6 Å². The Morgan fingerprint density at radius 3 is 2.25 bits per heavy atom. The number of carbonyl (C=O) groups excluding carboxylic acids is 5. The second-order valence-corrected chi connectivity index (χ2v) is 18.8. The van der Waals surface area contributed by atoms with Gasteiger partial charge >= 0.3 is 0 Å².